The first-order chi connectivity index (χ1) is 16.2. The number of carboxylic acid groups (broad SMARTS) is 1. The van der Waals surface area contributed by atoms with Gasteiger partial charge in [-0.05, 0) is 95.7 Å². The number of nitrogens with one attached hydrogen (secondary N) is 3. The molecule has 0 atom stereocenters. The second-order valence-corrected chi connectivity index (χ2v) is 8.66. The summed E-state index contributed by atoms with van der Waals surface area (Å²) < 4.78 is 0.928. The van der Waals surface area contributed by atoms with Gasteiger partial charge in [-0.3, -0.25) is 14.4 Å². The van der Waals surface area contributed by atoms with E-state index >= 15 is 0 Å². The number of halogens is 1. The fourth-order valence-corrected chi connectivity index (χ4v) is 3.85. The zero-order valence-electron chi connectivity index (χ0n) is 17.7. The SMILES string of the molecule is Cc1cc(C(=O)Nc2ccc(C(=O)N/N=C3\C(=O)Nc4ccc(I)cc43)cc2)ccc1C(=O)O. The minimum Gasteiger partial charge on any atom is -0.478 e. The molecule has 0 spiro atoms. The molecule has 1 heterocycles. The molecular formula is C24H17IN4O5. The summed E-state index contributed by atoms with van der Waals surface area (Å²) in [4.78, 5) is 48.2. The molecule has 0 fully saturated rings. The van der Waals surface area contributed by atoms with E-state index in [1.807, 2.05) is 6.07 Å². The van der Waals surface area contributed by atoms with Crippen LogP contribution in [0.5, 0.6) is 0 Å². The first kappa shape index (κ1) is 23.1. The minimum atomic E-state index is -1.06. The molecular weight excluding hydrogens is 551 g/mol. The molecule has 0 bridgehead atoms. The van der Waals surface area contributed by atoms with Crippen molar-refractivity contribution >= 4 is 63.4 Å². The molecule has 0 aromatic heterocycles. The minimum absolute atomic E-state index is 0.120. The van der Waals surface area contributed by atoms with Crippen molar-refractivity contribution < 1.29 is 24.3 Å². The Kier molecular flexibility index (Phi) is 6.41. The van der Waals surface area contributed by atoms with Crippen LogP contribution in [0.25, 0.3) is 0 Å². The number of benzene rings is 3. The van der Waals surface area contributed by atoms with E-state index in [0.29, 0.717) is 28.1 Å². The molecule has 9 nitrogen and oxygen atoms in total. The van der Waals surface area contributed by atoms with Crippen LogP contribution in [-0.4, -0.2) is 34.5 Å². The molecule has 0 unspecified atom stereocenters. The molecule has 0 saturated carbocycles. The van der Waals surface area contributed by atoms with E-state index in [0.717, 1.165) is 3.57 Å². The maximum absolute atomic E-state index is 12.5. The van der Waals surface area contributed by atoms with Gasteiger partial charge < -0.3 is 15.7 Å². The highest BCUT2D eigenvalue weighted by Crippen LogP contribution is 2.25. The van der Waals surface area contributed by atoms with Crippen LogP contribution in [-0.2, 0) is 4.79 Å². The van der Waals surface area contributed by atoms with Crippen molar-refractivity contribution in [2.75, 3.05) is 10.6 Å². The van der Waals surface area contributed by atoms with Crippen molar-refractivity contribution in [1.29, 1.82) is 0 Å². The second kappa shape index (κ2) is 9.43. The van der Waals surface area contributed by atoms with Crippen LogP contribution in [0.1, 0.15) is 42.2 Å². The summed E-state index contributed by atoms with van der Waals surface area (Å²) in [6.45, 7) is 1.62. The summed E-state index contributed by atoms with van der Waals surface area (Å²) in [5.74, 6) is -2.39. The molecule has 0 aliphatic carbocycles. The summed E-state index contributed by atoms with van der Waals surface area (Å²) in [7, 11) is 0. The first-order valence-corrected chi connectivity index (χ1v) is 11.1. The van der Waals surface area contributed by atoms with Crippen LogP contribution >= 0.6 is 22.6 Å². The largest absolute Gasteiger partial charge is 0.478 e. The average molecular weight is 568 g/mol. The van der Waals surface area contributed by atoms with Crippen molar-refractivity contribution in [1.82, 2.24) is 5.43 Å². The third-order valence-corrected chi connectivity index (χ3v) is 5.76. The Hall–Kier alpha value is -4.06. The van der Waals surface area contributed by atoms with Gasteiger partial charge in [-0.1, -0.05) is 0 Å². The Labute approximate surface area is 207 Å². The molecule has 0 radical (unpaired) electrons. The molecule has 0 saturated heterocycles. The third kappa shape index (κ3) is 4.81. The van der Waals surface area contributed by atoms with Crippen LogP contribution in [0.2, 0.25) is 0 Å². The lowest BCUT2D eigenvalue weighted by Crippen LogP contribution is -2.23. The molecule has 4 N–H and O–H groups in total. The molecule has 170 valence electrons. The van der Waals surface area contributed by atoms with E-state index in [2.05, 4.69) is 43.8 Å². The molecule has 3 aromatic carbocycles. The van der Waals surface area contributed by atoms with Crippen molar-refractivity contribution in [3.63, 3.8) is 0 Å². The van der Waals surface area contributed by atoms with Crippen LogP contribution in [0.4, 0.5) is 11.4 Å². The summed E-state index contributed by atoms with van der Waals surface area (Å²) in [5.41, 5.74) is 5.40. The van der Waals surface area contributed by atoms with Gasteiger partial charge in [0.25, 0.3) is 17.7 Å². The smallest absolute Gasteiger partial charge is 0.335 e. The summed E-state index contributed by atoms with van der Waals surface area (Å²) >= 11 is 2.13. The number of hydrogen-bond acceptors (Lipinski definition) is 5. The van der Waals surface area contributed by atoms with Crippen LogP contribution < -0.4 is 16.1 Å². The molecule has 1 aliphatic rings. The highest BCUT2D eigenvalue weighted by Gasteiger charge is 2.26. The lowest BCUT2D eigenvalue weighted by molar-refractivity contribution is -0.110. The van der Waals surface area contributed by atoms with Gasteiger partial charge in [0.1, 0.15) is 0 Å². The number of hydrazone groups is 1. The number of carbonyl (C=O) groups is 4. The van der Waals surface area contributed by atoms with Crippen molar-refractivity contribution in [3.05, 3.63) is 92.1 Å². The van der Waals surface area contributed by atoms with Gasteiger partial charge in [0.15, 0.2) is 5.71 Å². The van der Waals surface area contributed by atoms with Gasteiger partial charge in [0.05, 0.1) is 11.3 Å². The Morgan fingerprint density at radius 2 is 1.65 bits per heavy atom. The summed E-state index contributed by atoms with van der Waals surface area (Å²) in [6, 6.07) is 15.9. The number of nitrogens with zero attached hydrogens (tertiary/aromatic N) is 1. The summed E-state index contributed by atoms with van der Waals surface area (Å²) in [5, 5.41) is 18.5. The Morgan fingerprint density at radius 3 is 2.32 bits per heavy atom. The fraction of sp³-hybridized carbons (Fsp3) is 0.0417. The normalized spacial score (nSPS) is 13.2. The van der Waals surface area contributed by atoms with Crippen molar-refractivity contribution in [2.24, 2.45) is 5.10 Å². The Bertz CT molecular complexity index is 1380. The topological polar surface area (TPSA) is 137 Å². The van der Waals surface area contributed by atoms with E-state index in [1.165, 1.54) is 30.3 Å². The number of carboxylic acids is 1. The molecule has 3 aromatic rings. The molecule has 4 rings (SSSR count). The number of fused-ring (bicyclic) bond motifs is 1. The Morgan fingerprint density at radius 1 is 0.941 bits per heavy atom. The zero-order valence-corrected chi connectivity index (χ0v) is 19.8. The van der Waals surface area contributed by atoms with Gasteiger partial charge >= 0.3 is 5.97 Å². The third-order valence-electron chi connectivity index (χ3n) is 5.09. The quantitative estimate of drug-likeness (QED) is 0.275. The Balaban J connectivity index is 1.42. The number of anilines is 2. The first-order valence-electron chi connectivity index (χ1n) is 9.97. The van der Waals surface area contributed by atoms with Crippen LogP contribution in [0.15, 0.2) is 65.8 Å². The molecule has 34 heavy (non-hydrogen) atoms. The standard InChI is InChI=1S/C24H17IN4O5/c1-12-10-14(4-8-17(12)24(33)34)21(30)26-16-6-2-13(3-7-16)22(31)29-28-20-18-11-15(25)5-9-19(18)27-23(20)32/h2-11H,1H3,(H,26,30)(H,29,31)(H,33,34)(H,27,28,32). The van der Waals surface area contributed by atoms with Gasteiger partial charge in [-0.2, -0.15) is 5.10 Å². The van der Waals surface area contributed by atoms with Gasteiger partial charge in [0.2, 0.25) is 0 Å². The van der Waals surface area contributed by atoms with E-state index < -0.39 is 23.7 Å². The highest BCUT2D eigenvalue weighted by molar-refractivity contribution is 14.1. The van der Waals surface area contributed by atoms with E-state index in [1.54, 1.807) is 31.2 Å². The highest BCUT2D eigenvalue weighted by atomic mass is 127. The van der Waals surface area contributed by atoms with E-state index in [9.17, 15) is 19.2 Å². The number of rotatable bonds is 5. The van der Waals surface area contributed by atoms with Gasteiger partial charge in [-0.25, -0.2) is 10.2 Å². The number of aryl methyl sites for hydroxylation is 1. The number of hydrogen-bond donors (Lipinski definition) is 4. The summed E-state index contributed by atoms with van der Waals surface area (Å²) in [6.07, 6.45) is 0. The van der Waals surface area contributed by atoms with E-state index in [-0.39, 0.29) is 16.8 Å². The monoisotopic (exact) mass is 568 g/mol. The lowest BCUT2D eigenvalue weighted by atomic mass is 10.0. The number of carbonyl (C=O) groups excluding carboxylic acids is 3. The lowest BCUT2D eigenvalue weighted by Gasteiger charge is -2.08. The number of amides is 3. The van der Waals surface area contributed by atoms with E-state index in [4.69, 9.17) is 5.11 Å². The molecule has 3 amide bonds. The van der Waals surface area contributed by atoms with Crippen molar-refractivity contribution in [2.45, 2.75) is 6.92 Å². The number of aromatic carboxylic acids is 1. The predicted molar refractivity (Wildman–Crippen MR) is 134 cm³/mol. The zero-order chi connectivity index (χ0) is 24.4. The molecule has 10 heteroatoms. The van der Waals surface area contributed by atoms with Gasteiger partial charge in [0, 0.05) is 25.9 Å². The van der Waals surface area contributed by atoms with Crippen LogP contribution in [0.3, 0.4) is 0 Å². The molecule has 1 aliphatic heterocycles. The van der Waals surface area contributed by atoms with Gasteiger partial charge in [-0.15, -0.1) is 0 Å². The average Bonchev–Trinajstić information content (AvgIpc) is 3.11. The maximum atomic E-state index is 12.5. The second-order valence-electron chi connectivity index (χ2n) is 7.41. The van der Waals surface area contributed by atoms with Crippen LogP contribution in [0, 0.1) is 10.5 Å². The van der Waals surface area contributed by atoms with Crippen molar-refractivity contribution in [3.8, 4) is 0 Å². The fourth-order valence-electron chi connectivity index (χ4n) is 3.36. The predicted octanol–water partition coefficient (Wildman–Crippen LogP) is 3.64. The maximum Gasteiger partial charge on any atom is 0.335 e.